The van der Waals surface area contributed by atoms with Crippen LogP contribution in [-0.2, 0) is 17.8 Å². The van der Waals surface area contributed by atoms with Crippen LogP contribution in [0.15, 0.2) is 48.5 Å². The van der Waals surface area contributed by atoms with Crippen molar-refractivity contribution in [1.29, 1.82) is 0 Å². The molecule has 2 amide bonds. The first-order valence-electron chi connectivity index (χ1n) is 7.46. The molecule has 5 nitrogen and oxygen atoms in total. The third kappa shape index (κ3) is 4.85. The second-order valence-electron chi connectivity index (χ2n) is 5.09. The summed E-state index contributed by atoms with van der Waals surface area (Å²) in [4.78, 5) is 23.0. The number of hydrogen-bond donors (Lipinski definition) is 2. The van der Waals surface area contributed by atoms with Crippen molar-refractivity contribution in [3.8, 4) is 5.75 Å². The van der Waals surface area contributed by atoms with Crippen LogP contribution in [0.2, 0.25) is 0 Å². The lowest BCUT2D eigenvalue weighted by Crippen LogP contribution is -2.28. The predicted octanol–water partition coefficient (Wildman–Crippen LogP) is 2.04. The molecule has 2 aromatic rings. The Labute approximate surface area is 135 Å². The molecule has 0 saturated heterocycles. The summed E-state index contributed by atoms with van der Waals surface area (Å²) in [6, 6.07) is 14.5. The van der Waals surface area contributed by atoms with Gasteiger partial charge in [0.2, 0.25) is 5.91 Å². The Hall–Kier alpha value is -2.82. The van der Waals surface area contributed by atoms with Gasteiger partial charge in [-0.25, -0.2) is 0 Å². The molecule has 120 valence electrons. The van der Waals surface area contributed by atoms with E-state index in [4.69, 9.17) is 10.5 Å². The fourth-order valence-corrected chi connectivity index (χ4v) is 2.17. The topological polar surface area (TPSA) is 81.4 Å². The van der Waals surface area contributed by atoms with Gasteiger partial charge >= 0.3 is 0 Å². The maximum Gasteiger partial charge on any atom is 0.258 e. The largest absolute Gasteiger partial charge is 0.483 e. The van der Waals surface area contributed by atoms with E-state index in [1.165, 1.54) is 0 Å². The highest BCUT2D eigenvalue weighted by Crippen LogP contribution is 2.17. The molecule has 0 saturated carbocycles. The average molecular weight is 312 g/mol. The van der Waals surface area contributed by atoms with Gasteiger partial charge in [-0.1, -0.05) is 37.3 Å². The second kappa shape index (κ2) is 7.98. The van der Waals surface area contributed by atoms with Gasteiger partial charge < -0.3 is 15.8 Å². The van der Waals surface area contributed by atoms with Crippen molar-refractivity contribution in [3.05, 3.63) is 65.2 Å². The number of carbonyl (C=O) groups is 2. The number of rotatable bonds is 7. The van der Waals surface area contributed by atoms with E-state index in [0.29, 0.717) is 12.1 Å². The van der Waals surface area contributed by atoms with Crippen molar-refractivity contribution >= 4 is 11.8 Å². The van der Waals surface area contributed by atoms with Gasteiger partial charge in [0.1, 0.15) is 5.75 Å². The van der Waals surface area contributed by atoms with Gasteiger partial charge in [0.05, 0.1) is 0 Å². The van der Waals surface area contributed by atoms with Crippen LogP contribution >= 0.6 is 0 Å². The molecule has 0 aliphatic heterocycles. The maximum absolute atomic E-state index is 11.9. The molecule has 0 heterocycles. The lowest BCUT2D eigenvalue weighted by Gasteiger charge is -2.10. The van der Waals surface area contributed by atoms with Gasteiger partial charge in [-0.2, -0.15) is 0 Å². The third-order valence-corrected chi connectivity index (χ3v) is 3.41. The van der Waals surface area contributed by atoms with Gasteiger partial charge in [0.25, 0.3) is 5.91 Å². The Balaban J connectivity index is 1.86. The smallest absolute Gasteiger partial charge is 0.258 e. The number of carbonyl (C=O) groups excluding carboxylic acids is 2. The first-order valence-corrected chi connectivity index (χ1v) is 7.46. The molecule has 0 aliphatic carbocycles. The highest BCUT2D eigenvalue weighted by molar-refractivity contribution is 5.92. The normalized spacial score (nSPS) is 10.1. The van der Waals surface area contributed by atoms with E-state index in [9.17, 15) is 9.59 Å². The van der Waals surface area contributed by atoms with E-state index >= 15 is 0 Å². The van der Waals surface area contributed by atoms with Gasteiger partial charge in [0, 0.05) is 12.1 Å². The average Bonchev–Trinajstić information content (AvgIpc) is 2.58. The number of hydrogen-bond acceptors (Lipinski definition) is 3. The van der Waals surface area contributed by atoms with Crippen LogP contribution in [0.25, 0.3) is 0 Å². The van der Waals surface area contributed by atoms with Crippen molar-refractivity contribution in [3.63, 3.8) is 0 Å². The molecule has 0 unspecified atom stereocenters. The fourth-order valence-electron chi connectivity index (χ4n) is 2.17. The number of para-hydroxylation sites is 1. The van der Waals surface area contributed by atoms with Crippen LogP contribution in [0.5, 0.6) is 5.75 Å². The summed E-state index contributed by atoms with van der Waals surface area (Å²) in [7, 11) is 0. The summed E-state index contributed by atoms with van der Waals surface area (Å²) in [5, 5.41) is 2.76. The Morgan fingerprint density at radius 2 is 1.91 bits per heavy atom. The van der Waals surface area contributed by atoms with E-state index < -0.39 is 5.91 Å². The molecular formula is C18H20N2O3. The molecule has 23 heavy (non-hydrogen) atoms. The Bertz CT molecular complexity index is 698. The Kier molecular flexibility index (Phi) is 5.74. The highest BCUT2D eigenvalue weighted by Gasteiger charge is 2.06. The minimum atomic E-state index is -0.488. The molecule has 0 radical (unpaired) electrons. The minimum Gasteiger partial charge on any atom is -0.483 e. The number of nitrogens with two attached hydrogens (primary N) is 1. The molecule has 3 N–H and O–H groups in total. The molecule has 2 rings (SSSR count). The zero-order valence-corrected chi connectivity index (χ0v) is 13.0. The van der Waals surface area contributed by atoms with E-state index in [-0.39, 0.29) is 12.5 Å². The zero-order chi connectivity index (χ0) is 16.7. The minimum absolute atomic E-state index is 0.0491. The number of amides is 2. The van der Waals surface area contributed by atoms with Crippen LogP contribution < -0.4 is 15.8 Å². The molecule has 2 aromatic carbocycles. The number of aryl methyl sites for hydroxylation is 1. The quantitative estimate of drug-likeness (QED) is 0.821. The van der Waals surface area contributed by atoms with Crippen LogP contribution in [0.4, 0.5) is 0 Å². The van der Waals surface area contributed by atoms with Crippen LogP contribution in [0.3, 0.4) is 0 Å². The molecule has 0 fully saturated rings. The standard InChI is InChI=1S/C18H20N2O3/c1-2-14-7-3-4-9-16(14)23-12-17(21)20-11-13-6-5-8-15(10-13)18(19)22/h3-10H,2,11-12H2,1H3,(H2,19,22)(H,20,21). The second-order valence-corrected chi connectivity index (χ2v) is 5.09. The van der Waals surface area contributed by atoms with Crippen molar-refractivity contribution in [1.82, 2.24) is 5.32 Å². The zero-order valence-electron chi connectivity index (χ0n) is 13.0. The summed E-state index contributed by atoms with van der Waals surface area (Å²) in [6.45, 7) is 2.30. The molecule has 5 heteroatoms. The van der Waals surface area contributed by atoms with Gasteiger partial charge in [-0.3, -0.25) is 9.59 Å². The van der Waals surface area contributed by atoms with Crippen molar-refractivity contribution in [2.45, 2.75) is 19.9 Å². The lowest BCUT2D eigenvalue weighted by molar-refractivity contribution is -0.123. The van der Waals surface area contributed by atoms with Gasteiger partial charge in [-0.05, 0) is 35.7 Å². The summed E-state index contributed by atoms with van der Waals surface area (Å²) in [6.07, 6.45) is 0.845. The maximum atomic E-state index is 11.9. The van der Waals surface area contributed by atoms with E-state index in [1.807, 2.05) is 37.3 Å². The van der Waals surface area contributed by atoms with E-state index in [0.717, 1.165) is 23.3 Å². The summed E-state index contributed by atoms with van der Waals surface area (Å²) in [5.41, 5.74) is 7.53. The van der Waals surface area contributed by atoms with Gasteiger partial charge in [0.15, 0.2) is 6.61 Å². The molecule has 0 aromatic heterocycles. The van der Waals surface area contributed by atoms with Crippen LogP contribution in [0.1, 0.15) is 28.4 Å². The molecule has 0 atom stereocenters. The van der Waals surface area contributed by atoms with Crippen molar-refractivity contribution in [2.75, 3.05) is 6.61 Å². The van der Waals surface area contributed by atoms with Crippen molar-refractivity contribution in [2.24, 2.45) is 5.73 Å². The SMILES string of the molecule is CCc1ccccc1OCC(=O)NCc1cccc(C(N)=O)c1. The first-order chi connectivity index (χ1) is 11.1. The number of ether oxygens (including phenoxy) is 1. The van der Waals surface area contributed by atoms with E-state index in [1.54, 1.807) is 18.2 Å². The van der Waals surface area contributed by atoms with Crippen LogP contribution in [-0.4, -0.2) is 18.4 Å². The molecule has 0 spiro atoms. The third-order valence-electron chi connectivity index (χ3n) is 3.41. The number of primary amides is 1. The Morgan fingerprint density at radius 1 is 1.13 bits per heavy atom. The highest BCUT2D eigenvalue weighted by atomic mass is 16.5. The number of nitrogens with one attached hydrogen (secondary N) is 1. The van der Waals surface area contributed by atoms with Crippen molar-refractivity contribution < 1.29 is 14.3 Å². The van der Waals surface area contributed by atoms with Crippen LogP contribution in [0, 0.1) is 0 Å². The number of benzene rings is 2. The Morgan fingerprint density at radius 3 is 2.65 bits per heavy atom. The monoisotopic (exact) mass is 312 g/mol. The fraction of sp³-hybridized carbons (Fsp3) is 0.222. The molecule has 0 aliphatic rings. The van der Waals surface area contributed by atoms with E-state index in [2.05, 4.69) is 5.32 Å². The van der Waals surface area contributed by atoms with Gasteiger partial charge in [-0.15, -0.1) is 0 Å². The molecular weight excluding hydrogens is 292 g/mol. The first kappa shape index (κ1) is 16.5. The summed E-state index contributed by atoms with van der Waals surface area (Å²) < 4.78 is 5.55. The summed E-state index contributed by atoms with van der Waals surface area (Å²) in [5.74, 6) is 0.0129. The summed E-state index contributed by atoms with van der Waals surface area (Å²) >= 11 is 0. The predicted molar refractivity (Wildman–Crippen MR) is 88.1 cm³/mol. The molecule has 0 bridgehead atoms. The lowest BCUT2D eigenvalue weighted by atomic mass is 10.1.